The smallest absolute Gasteiger partial charge is 0.237 e. The average molecular weight is 424 g/mol. The number of hydrogen-bond acceptors (Lipinski definition) is 5. The molecule has 1 fully saturated rings. The summed E-state index contributed by atoms with van der Waals surface area (Å²) in [6, 6.07) is 16.4. The van der Waals surface area contributed by atoms with Gasteiger partial charge in [0.25, 0.3) is 0 Å². The van der Waals surface area contributed by atoms with E-state index in [1.165, 1.54) is 11.1 Å². The number of nitrogens with one attached hydrogen (secondary N) is 1. The fourth-order valence-corrected chi connectivity index (χ4v) is 4.36. The van der Waals surface area contributed by atoms with Gasteiger partial charge in [-0.05, 0) is 36.6 Å². The minimum Gasteiger partial charge on any atom is -0.454 e. The molecule has 6 nitrogen and oxygen atoms in total. The van der Waals surface area contributed by atoms with Crippen LogP contribution in [0.4, 0.5) is 0 Å². The molecule has 2 aromatic rings. The highest BCUT2D eigenvalue weighted by atomic mass is 16.7. The molecule has 0 saturated carbocycles. The van der Waals surface area contributed by atoms with Gasteiger partial charge in [0.15, 0.2) is 11.5 Å². The van der Waals surface area contributed by atoms with E-state index in [2.05, 4.69) is 46.3 Å². The minimum absolute atomic E-state index is 0.0773. The van der Waals surface area contributed by atoms with Crippen LogP contribution >= 0.6 is 0 Å². The summed E-state index contributed by atoms with van der Waals surface area (Å²) in [6.07, 6.45) is 1.98. The van der Waals surface area contributed by atoms with Gasteiger partial charge < -0.3 is 14.8 Å². The Bertz CT molecular complexity index is 866. The second-order valence-corrected chi connectivity index (χ2v) is 8.44. The number of carbonyl (C=O) groups excluding carboxylic acids is 1. The van der Waals surface area contributed by atoms with Crippen LogP contribution in [0.1, 0.15) is 43.9 Å². The van der Waals surface area contributed by atoms with Crippen LogP contribution in [0.2, 0.25) is 0 Å². The Balaban J connectivity index is 1.28. The van der Waals surface area contributed by atoms with Crippen LogP contribution in [0.5, 0.6) is 11.5 Å². The predicted octanol–water partition coefficient (Wildman–Crippen LogP) is 3.58. The predicted molar refractivity (Wildman–Crippen MR) is 121 cm³/mol. The SMILES string of the molecule is CCC[C@@H](NC(=O)[C@@H](C)N1CCN(Cc2ccc3c(c2)OCO3)CC1)c1ccccc1. The first-order valence-electron chi connectivity index (χ1n) is 11.3. The molecule has 0 radical (unpaired) electrons. The summed E-state index contributed by atoms with van der Waals surface area (Å²) in [7, 11) is 0. The molecule has 6 heteroatoms. The van der Waals surface area contributed by atoms with Gasteiger partial charge >= 0.3 is 0 Å². The van der Waals surface area contributed by atoms with Crippen molar-refractivity contribution in [3.8, 4) is 11.5 Å². The molecule has 2 atom stereocenters. The number of ether oxygens (including phenoxy) is 2. The Labute approximate surface area is 185 Å². The molecule has 31 heavy (non-hydrogen) atoms. The summed E-state index contributed by atoms with van der Waals surface area (Å²) < 4.78 is 10.9. The number of nitrogens with zero attached hydrogens (tertiary/aromatic N) is 2. The van der Waals surface area contributed by atoms with Gasteiger partial charge in [-0.1, -0.05) is 49.7 Å². The number of piperazine rings is 1. The Hall–Kier alpha value is -2.57. The average Bonchev–Trinajstić information content (AvgIpc) is 3.27. The lowest BCUT2D eigenvalue weighted by Crippen LogP contribution is -2.53. The van der Waals surface area contributed by atoms with Crippen molar-refractivity contribution < 1.29 is 14.3 Å². The van der Waals surface area contributed by atoms with E-state index in [0.29, 0.717) is 6.79 Å². The van der Waals surface area contributed by atoms with Crippen LogP contribution in [0.25, 0.3) is 0 Å². The molecule has 2 aromatic carbocycles. The van der Waals surface area contributed by atoms with Crippen molar-refractivity contribution in [2.75, 3.05) is 33.0 Å². The fraction of sp³-hybridized carbons (Fsp3) is 0.480. The third-order valence-electron chi connectivity index (χ3n) is 6.27. The minimum atomic E-state index is -0.129. The highest BCUT2D eigenvalue weighted by molar-refractivity contribution is 5.81. The van der Waals surface area contributed by atoms with Crippen molar-refractivity contribution >= 4 is 5.91 Å². The lowest BCUT2D eigenvalue weighted by Gasteiger charge is -2.38. The molecule has 0 aliphatic carbocycles. The first-order valence-corrected chi connectivity index (χ1v) is 11.3. The van der Waals surface area contributed by atoms with Gasteiger partial charge in [0.05, 0.1) is 12.1 Å². The number of rotatable bonds is 8. The molecule has 0 bridgehead atoms. The molecule has 1 N–H and O–H groups in total. The molecule has 2 aliphatic rings. The molecule has 166 valence electrons. The van der Waals surface area contributed by atoms with E-state index in [-0.39, 0.29) is 18.0 Å². The largest absolute Gasteiger partial charge is 0.454 e. The zero-order valence-electron chi connectivity index (χ0n) is 18.5. The third-order valence-corrected chi connectivity index (χ3v) is 6.27. The number of benzene rings is 2. The first kappa shape index (κ1) is 21.7. The highest BCUT2D eigenvalue weighted by Crippen LogP contribution is 2.32. The van der Waals surface area contributed by atoms with E-state index in [1.54, 1.807) is 0 Å². The van der Waals surface area contributed by atoms with E-state index >= 15 is 0 Å². The van der Waals surface area contributed by atoms with Crippen molar-refractivity contribution in [3.63, 3.8) is 0 Å². The molecule has 1 amide bonds. The molecule has 0 aromatic heterocycles. The van der Waals surface area contributed by atoms with Gasteiger partial charge in [-0.25, -0.2) is 0 Å². The monoisotopic (exact) mass is 423 g/mol. The number of hydrogen-bond donors (Lipinski definition) is 1. The first-order chi connectivity index (χ1) is 15.1. The Morgan fingerprint density at radius 1 is 1.03 bits per heavy atom. The third kappa shape index (κ3) is 5.38. The van der Waals surface area contributed by atoms with Crippen molar-refractivity contribution in [1.29, 1.82) is 0 Å². The van der Waals surface area contributed by atoms with Crippen LogP contribution in [0.15, 0.2) is 48.5 Å². The van der Waals surface area contributed by atoms with Crippen molar-refractivity contribution in [1.82, 2.24) is 15.1 Å². The van der Waals surface area contributed by atoms with E-state index < -0.39 is 0 Å². The van der Waals surface area contributed by atoms with Crippen molar-refractivity contribution in [3.05, 3.63) is 59.7 Å². The highest BCUT2D eigenvalue weighted by Gasteiger charge is 2.27. The maximum Gasteiger partial charge on any atom is 0.237 e. The molecular formula is C25H33N3O3. The van der Waals surface area contributed by atoms with Crippen LogP contribution in [-0.2, 0) is 11.3 Å². The summed E-state index contributed by atoms with van der Waals surface area (Å²) in [4.78, 5) is 17.7. The van der Waals surface area contributed by atoms with E-state index in [9.17, 15) is 4.79 Å². The Kier molecular flexibility index (Phi) is 7.10. The molecular weight excluding hydrogens is 390 g/mol. The van der Waals surface area contributed by atoms with Crippen LogP contribution in [0.3, 0.4) is 0 Å². The maximum absolute atomic E-state index is 13.0. The van der Waals surface area contributed by atoms with Crippen LogP contribution < -0.4 is 14.8 Å². The standard InChI is InChI=1S/C25H33N3O3/c1-3-7-22(21-8-5-4-6-9-21)26-25(29)19(2)28-14-12-27(13-15-28)17-20-10-11-23-24(16-20)31-18-30-23/h4-6,8-11,16,19,22H,3,7,12-15,17-18H2,1-2H3,(H,26,29)/t19-,22-/m1/s1. The summed E-state index contributed by atoms with van der Waals surface area (Å²) in [5.74, 6) is 1.78. The lowest BCUT2D eigenvalue weighted by molar-refractivity contribution is -0.127. The maximum atomic E-state index is 13.0. The van der Waals surface area contributed by atoms with Gasteiger partial charge in [0.1, 0.15) is 0 Å². The zero-order valence-corrected chi connectivity index (χ0v) is 18.5. The molecule has 4 rings (SSSR count). The van der Waals surface area contributed by atoms with E-state index in [0.717, 1.165) is 57.1 Å². The van der Waals surface area contributed by atoms with Gasteiger partial charge in [-0.15, -0.1) is 0 Å². The molecule has 2 heterocycles. The van der Waals surface area contributed by atoms with Gasteiger partial charge in [-0.2, -0.15) is 0 Å². The summed E-state index contributed by atoms with van der Waals surface area (Å²) in [5.41, 5.74) is 2.41. The molecule has 1 saturated heterocycles. The summed E-state index contributed by atoms with van der Waals surface area (Å²) in [5, 5.41) is 3.29. The Morgan fingerprint density at radius 3 is 2.52 bits per heavy atom. The van der Waals surface area contributed by atoms with Crippen LogP contribution in [0, 0.1) is 0 Å². The number of carbonyl (C=O) groups is 1. The lowest BCUT2D eigenvalue weighted by atomic mass is 10.0. The second kappa shape index (κ2) is 10.2. The van der Waals surface area contributed by atoms with E-state index in [1.807, 2.05) is 31.2 Å². The van der Waals surface area contributed by atoms with Crippen LogP contribution in [-0.4, -0.2) is 54.7 Å². The molecule has 0 unspecified atom stereocenters. The second-order valence-electron chi connectivity index (χ2n) is 8.44. The quantitative estimate of drug-likeness (QED) is 0.703. The summed E-state index contributed by atoms with van der Waals surface area (Å²) >= 11 is 0. The molecule has 0 spiro atoms. The number of amides is 1. The van der Waals surface area contributed by atoms with E-state index in [4.69, 9.17) is 9.47 Å². The van der Waals surface area contributed by atoms with Gasteiger partial charge in [0, 0.05) is 32.7 Å². The van der Waals surface area contributed by atoms with Crippen molar-refractivity contribution in [2.45, 2.75) is 45.3 Å². The van der Waals surface area contributed by atoms with Crippen molar-refractivity contribution in [2.24, 2.45) is 0 Å². The molecule has 2 aliphatic heterocycles. The topological polar surface area (TPSA) is 54.0 Å². The van der Waals surface area contributed by atoms with Gasteiger partial charge in [0.2, 0.25) is 12.7 Å². The summed E-state index contributed by atoms with van der Waals surface area (Å²) in [6.45, 7) is 9.05. The zero-order chi connectivity index (χ0) is 21.6. The Morgan fingerprint density at radius 2 is 1.77 bits per heavy atom. The fourth-order valence-electron chi connectivity index (χ4n) is 4.36. The van der Waals surface area contributed by atoms with Gasteiger partial charge in [-0.3, -0.25) is 14.6 Å². The number of fused-ring (bicyclic) bond motifs is 1. The normalized spacial score (nSPS) is 18.5.